The fourth-order valence-corrected chi connectivity index (χ4v) is 1.92. The van der Waals surface area contributed by atoms with E-state index in [1.807, 2.05) is 0 Å². The summed E-state index contributed by atoms with van der Waals surface area (Å²) in [4.78, 5) is 23.4. The number of pyridine rings is 1. The number of aromatic nitrogens is 1. The van der Waals surface area contributed by atoms with E-state index in [1.165, 1.54) is 0 Å². The number of hydrogen-bond acceptors (Lipinski definition) is 3. The van der Waals surface area contributed by atoms with E-state index in [0.29, 0.717) is 22.9 Å². The number of anilines is 1. The lowest BCUT2D eigenvalue weighted by molar-refractivity contribution is -0.274. The van der Waals surface area contributed by atoms with Crippen molar-refractivity contribution < 1.29 is 35.9 Å². The maximum atomic E-state index is 12.6. The zero-order valence-electron chi connectivity index (χ0n) is 12.7. The maximum absolute atomic E-state index is 12.6. The van der Waals surface area contributed by atoms with Crippen molar-refractivity contribution in [2.75, 3.05) is 5.32 Å². The van der Waals surface area contributed by atoms with Crippen LogP contribution in [0, 0.1) is 0 Å². The Bertz CT molecular complexity index is 840. The monoisotopic (exact) mass is 380 g/mol. The van der Waals surface area contributed by atoms with Gasteiger partial charge in [-0.25, -0.2) is 0 Å². The molecule has 0 aliphatic rings. The quantitative estimate of drug-likeness (QED) is 0.828. The Morgan fingerprint density at radius 1 is 1.00 bits per heavy atom. The molecule has 0 aliphatic carbocycles. The zero-order chi connectivity index (χ0) is 19.5. The van der Waals surface area contributed by atoms with Gasteiger partial charge in [0, 0.05) is 18.0 Å². The Morgan fingerprint density at radius 2 is 1.62 bits per heavy atom. The maximum Gasteiger partial charge on any atom is 0.573 e. The molecule has 1 amide bonds. The molecule has 1 N–H and O–H groups in total. The van der Waals surface area contributed by atoms with Crippen molar-refractivity contribution in [3.05, 3.63) is 58.5 Å². The summed E-state index contributed by atoms with van der Waals surface area (Å²) >= 11 is 0. The number of carbonyl (C=O) groups excluding carboxylic acids is 1. The molecule has 2 aromatic rings. The zero-order valence-corrected chi connectivity index (χ0v) is 12.7. The molecular formula is C15H10F6N2O3. The van der Waals surface area contributed by atoms with Gasteiger partial charge in [-0.1, -0.05) is 0 Å². The first-order valence-electron chi connectivity index (χ1n) is 6.87. The molecule has 11 heteroatoms. The van der Waals surface area contributed by atoms with Gasteiger partial charge in [0.25, 0.3) is 5.56 Å². The van der Waals surface area contributed by atoms with Gasteiger partial charge in [-0.2, -0.15) is 13.2 Å². The molecule has 26 heavy (non-hydrogen) atoms. The summed E-state index contributed by atoms with van der Waals surface area (Å²) < 4.78 is 78.2. The van der Waals surface area contributed by atoms with Crippen molar-refractivity contribution >= 4 is 11.6 Å². The lowest BCUT2D eigenvalue weighted by Gasteiger charge is -2.12. The van der Waals surface area contributed by atoms with Crippen molar-refractivity contribution in [1.29, 1.82) is 0 Å². The van der Waals surface area contributed by atoms with Gasteiger partial charge in [0.1, 0.15) is 12.3 Å². The molecule has 0 fully saturated rings. The number of carbonyl (C=O) groups is 1. The minimum atomic E-state index is -4.87. The standard InChI is InChI=1S/C15H10F6N2O3/c16-14(17,18)9-1-6-13(25)23(7-9)8-12(24)22-10-2-4-11(5-3-10)26-15(19,20)21/h1-7H,8H2,(H,22,24). The molecule has 0 bridgehead atoms. The SMILES string of the molecule is O=C(Cn1cc(C(F)(F)F)ccc1=O)Nc1ccc(OC(F)(F)F)cc1. The Balaban J connectivity index is 2.06. The molecule has 2 rings (SSSR count). The summed E-state index contributed by atoms with van der Waals surface area (Å²) in [5.74, 6) is -1.35. The van der Waals surface area contributed by atoms with Crippen molar-refractivity contribution in [2.45, 2.75) is 19.1 Å². The average Bonchev–Trinajstić information content (AvgIpc) is 2.49. The van der Waals surface area contributed by atoms with Gasteiger partial charge in [0.2, 0.25) is 5.91 Å². The molecule has 0 saturated carbocycles. The molecule has 0 radical (unpaired) electrons. The normalized spacial score (nSPS) is 11.9. The third-order valence-electron chi connectivity index (χ3n) is 3.00. The van der Waals surface area contributed by atoms with Gasteiger partial charge < -0.3 is 14.6 Å². The highest BCUT2D eigenvalue weighted by atomic mass is 19.4. The van der Waals surface area contributed by atoms with Gasteiger partial charge in [-0.15, -0.1) is 13.2 Å². The molecule has 1 aromatic heterocycles. The van der Waals surface area contributed by atoms with E-state index in [9.17, 15) is 35.9 Å². The van der Waals surface area contributed by atoms with E-state index < -0.39 is 41.9 Å². The van der Waals surface area contributed by atoms with E-state index in [0.717, 1.165) is 24.3 Å². The van der Waals surface area contributed by atoms with E-state index >= 15 is 0 Å². The second-order valence-corrected chi connectivity index (χ2v) is 5.00. The first-order valence-corrected chi connectivity index (χ1v) is 6.87. The second-order valence-electron chi connectivity index (χ2n) is 5.00. The Labute approximate surface area is 141 Å². The van der Waals surface area contributed by atoms with Crippen LogP contribution in [0.3, 0.4) is 0 Å². The Morgan fingerprint density at radius 3 is 2.15 bits per heavy atom. The number of ether oxygens (including phenoxy) is 1. The second kappa shape index (κ2) is 7.10. The van der Waals surface area contributed by atoms with Crippen molar-refractivity contribution in [1.82, 2.24) is 4.57 Å². The summed E-state index contributed by atoms with van der Waals surface area (Å²) in [5.41, 5.74) is -1.84. The predicted octanol–water partition coefficient (Wildman–Crippen LogP) is 3.40. The summed E-state index contributed by atoms with van der Waals surface area (Å²) in [6, 6.07) is 5.37. The van der Waals surface area contributed by atoms with Crippen LogP contribution in [0.15, 0.2) is 47.4 Å². The number of halogens is 6. The number of amides is 1. The minimum Gasteiger partial charge on any atom is -0.406 e. The molecule has 0 aliphatic heterocycles. The third-order valence-corrected chi connectivity index (χ3v) is 3.00. The average molecular weight is 380 g/mol. The summed E-state index contributed by atoms with van der Waals surface area (Å²) in [6.45, 7) is -0.705. The summed E-state index contributed by atoms with van der Waals surface area (Å²) in [6.07, 6.45) is -9.04. The van der Waals surface area contributed by atoms with E-state index in [-0.39, 0.29) is 5.69 Å². The Hall–Kier alpha value is -2.98. The van der Waals surface area contributed by atoms with Crippen molar-refractivity contribution in [3.8, 4) is 5.75 Å². The number of hydrogen-bond donors (Lipinski definition) is 1. The number of nitrogens with zero attached hydrogens (tertiary/aromatic N) is 1. The van der Waals surface area contributed by atoms with Crippen LogP contribution >= 0.6 is 0 Å². The highest BCUT2D eigenvalue weighted by molar-refractivity contribution is 5.90. The topological polar surface area (TPSA) is 60.3 Å². The van der Waals surface area contributed by atoms with Crippen LogP contribution in [0.4, 0.5) is 32.0 Å². The van der Waals surface area contributed by atoms with Crippen molar-refractivity contribution in [2.24, 2.45) is 0 Å². The van der Waals surface area contributed by atoms with Gasteiger partial charge in [-0.3, -0.25) is 9.59 Å². The van der Waals surface area contributed by atoms with Crippen LogP contribution < -0.4 is 15.6 Å². The first-order chi connectivity index (χ1) is 11.9. The largest absolute Gasteiger partial charge is 0.573 e. The molecular weight excluding hydrogens is 370 g/mol. The number of alkyl halides is 6. The summed E-state index contributed by atoms with van der Waals surface area (Å²) in [5, 5.41) is 2.25. The number of benzene rings is 1. The predicted molar refractivity (Wildman–Crippen MR) is 77.5 cm³/mol. The third kappa shape index (κ3) is 5.53. The van der Waals surface area contributed by atoms with Crippen LogP contribution in [0.5, 0.6) is 5.75 Å². The fraction of sp³-hybridized carbons (Fsp3) is 0.200. The van der Waals surface area contributed by atoms with E-state index in [4.69, 9.17) is 0 Å². The Kier molecular flexibility index (Phi) is 5.28. The molecule has 1 heterocycles. The van der Waals surface area contributed by atoms with Crippen molar-refractivity contribution in [3.63, 3.8) is 0 Å². The first kappa shape index (κ1) is 19.3. The van der Waals surface area contributed by atoms with Gasteiger partial charge in [-0.05, 0) is 30.3 Å². The molecule has 0 atom stereocenters. The summed E-state index contributed by atoms with van der Waals surface area (Å²) in [7, 11) is 0. The lowest BCUT2D eigenvalue weighted by Crippen LogP contribution is -2.28. The van der Waals surface area contributed by atoms with Crippen LogP contribution in [-0.4, -0.2) is 16.8 Å². The molecule has 0 unspecified atom stereocenters. The minimum absolute atomic E-state index is 0.0737. The lowest BCUT2D eigenvalue weighted by atomic mass is 10.2. The van der Waals surface area contributed by atoms with E-state index in [2.05, 4.69) is 10.1 Å². The van der Waals surface area contributed by atoms with Gasteiger partial charge in [0.15, 0.2) is 0 Å². The van der Waals surface area contributed by atoms with Crippen LogP contribution in [0.25, 0.3) is 0 Å². The van der Waals surface area contributed by atoms with Crippen LogP contribution in [0.1, 0.15) is 5.56 Å². The highest BCUT2D eigenvalue weighted by Crippen LogP contribution is 2.28. The van der Waals surface area contributed by atoms with Gasteiger partial charge >= 0.3 is 12.5 Å². The molecule has 140 valence electrons. The molecule has 0 spiro atoms. The van der Waals surface area contributed by atoms with Gasteiger partial charge in [0.05, 0.1) is 5.56 Å². The fourth-order valence-electron chi connectivity index (χ4n) is 1.92. The van der Waals surface area contributed by atoms with E-state index in [1.54, 1.807) is 0 Å². The van der Waals surface area contributed by atoms with Crippen LogP contribution in [0.2, 0.25) is 0 Å². The number of nitrogens with one attached hydrogen (secondary N) is 1. The molecule has 0 saturated heterocycles. The number of rotatable bonds is 4. The van der Waals surface area contributed by atoms with Crippen LogP contribution in [-0.2, 0) is 17.5 Å². The smallest absolute Gasteiger partial charge is 0.406 e. The molecule has 5 nitrogen and oxygen atoms in total. The highest BCUT2D eigenvalue weighted by Gasteiger charge is 2.31. The molecule has 1 aromatic carbocycles.